The van der Waals surface area contributed by atoms with Crippen LogP contribution in [0.4, 0.5) is 0 Å². The summed E-state index contributed by atoms with van der Waals surface area (Å²) in [5, 5.41) is 24.5. The Balaban J connectivity index is 1.32. The van der Waals surface area contributed by atoms with E-state index in [0.717, 1.165) is 50.8 Å². The van der Waals surface area contributed by atoms with Gasteiger partial charge in [-0.05, 0) is 114 Å². The highest BCUT2D eigenvalue weighted by atomic mass is 16.5. The molecular weight excluding hydrogens is 422 g/mol. The normalized spacial score (nSPS) is 46.1. The van der Waals surface area contributed by atoms with E-state index in [9.17, 15) is 10.2 Å². The zero-order valence-electron chi connectivity index (χ0n) is 21.9. The molecule has 0 saturated heterocycles. The lowest BCUT2D eigenvalue weighted by Crippen LogP contribution is -2.64. The molecule has 0 radical (unpaired) electrons. The van der Waals surface area contributed by atoms with Crippen molar-refractivity contribution in [3.63, 3.8) is 0 Å². The molecule has 4 aliphatic carbocycles. The third-order valence-electron chi connectivity index (χ3n) is 11.3. The fraction of sp³-hybridized carbons (Fsp3) is 0.800. The third kappa shape index (κ3) is 3.62. The van der Waals surface area contributed by atoms with Gasteiger partial charge in [0.25, 0.3) is 0 Å². The molecule has 4 fully saturated rings. The van der Waals surface area contributed by atoms with Gasteiger partial charge in [-0.1, -0.05) is 44.2 Å². The fourth-order valence-corrected chi connectivity index (χ4v) is 9.16. The van der Waals surface area contributed by atoms with Crippen molar-refractivity contribution in [1.82, 2.24) is 4.90 Å². The van der Waals surface area contributed by atoms with Gasteiger partial charge in [-0.15, -0.1) is 0 Å². The minimum atomic E-state index is -0.941. The van der Waals surface area contributed by atoms with Gasteiger partial charge in [0.05, 0.1) is 17.3 Å². The van der Waals surface area contributed by atoms with E-state index in [1.807, 2.05) is 18.2 Å². The molecule has 0 aromatic heterocycles. The van der Waals surface area contributed by atoms with Crippen LogP contribution in [0.5, 0.6) is 0 Å². The fourth-order valence-electron chi connectivity index (χ4n) is 9.16. The topological polar surface area (TPSA) is 52.9 Å². The third-order valence-corrected chi connectivity index (χ3v) is 11.3. The molecule has 1 aromatic carbocycles. The summed E-state index contributed by atoms with van der Waals surface area (Å²) in [6, 6.07) is 10.2. The van der Waals surface area contributed by atoms with Crippen LogP contribution in [-0.4, -0.2) is 54.1 Å². The number of ether oxygens (including phenoxy) is 1. The maximum Gasteiger partial charge on any atom is 0.0978 e. The van der Waals surface area contributed by atoms with Crippen LogP contribution in [0.15, 0.2) is 30.3 Å². The molecule has 0 bridgehead atoms. The van der Waals surface area contributed by atoms with Crippen LogP contribution in [0.3, 0.4) is 0 Å². The van der Waals surface area contributed by atoms with Crippen LogP contribution in [0, 0.1) is 28.6 Å². The lowest BCUT2D eigenvalue weighted by Gasteiger charge is -2.64. The predicted molar refractivity (Wildman–Crippen MR) is 136 cm³/mol. The molecular formula is C30H47NO3. The Kier molecular flexibility index (Phi) is 6.45. The second-order valence-electron chi connectivity index (χ2n) is 12.9. The van der Waals surface area contributed by atoms with Crippen LogP contribution in [0.2, 0.25) is 0 Å². The van der Waals surface area contributed by atoms with Crippen molar-refractivity contribution >= 4 is 0 Å². The van der Waals surface area contributed by atoms with Gasteiger partial charge in [0.2, 0.25) is 0 Å². The van der Waals surface area contributed by atoms with Crippen LogP contribution in [0.25, 0.3) is 0 Å². The highest BCUT2D eigenvalue weighted by Gasteiger charge is 2.71. The Morgan fingerprint density at radius 1 is 0.912 bits per heavy atom. The summed E-state index contributed by atoms with van der Waals surface area (Å²) in [6.07, 6.45) is 10.8. The molecule has 4 saturated carbocycles. The number of nitrogens with zero attached hydrogens (tertiary/aromatic N) is 1. The average molecular weight is 470 g/mol. The lowest BCUT2D eigenvalue weighted by atomic mass is 9.43. The van der Waals surface area contributed by atoms with Gasteiger partial charge >= 0.3 is 0 Å². The molecule has 4 aliphatic rings. The molecule has 1 aromatic rings. The van der Waals surface area contributed by atoms with Crippen molar-refractivity contribution in [3.05, 3.63) is 35.9 Å². The average Bonchev–Trinajstić information content (AvgIpc) is 3.05. The quantitative estimate of drug-likeness (QED) is 0.550. The Morgan fingerprint density at radius 2 is 1.68 bits per heavy atom. The van der Waals surface area contributed by atoms with E-state index in [-0.39, 0.29) is 5.41 Å². The van der Waals surface area contributed by atoms with Gasteiger partial charge in [0, 0.05) is 12.0 Å². The standard InChI is InChI=1S/C30H47NO3/c1-27-15-13-24(34-20-8-19-31(3)4)21-23(27)11-12-26-25(27)14-16-28(2)29(32,17-18-30(26,28)33)22-9-6-5-7-10-22/h5-7,9-10,23-26,32-33H,8,11-21H2,1-4H3/t23-,24+,25+,26-,27+,28-,29+,30+/m1/s1. The summed E-state index contributed by atoms with van der Waals surface area (Å²) >= 11 is 0. The predicted octanol–water partition coefficient (Wildman–Crippen LogP) is 5.37. The molecule has 4 heteroatoms. The molecule has 0 unspecified atom stereocenters. The Hall–Kier alpha value is -0.940. The van der Waals surface area contributed by atoms with Crippen LogP contribution < -0.4 is 0 Å². The van der Waals surface area contributed by atoms with E-state index >= 15 is 0 Å². The highest BCUT2D eigenvalue weighted by Crippen LogP contribution is 2.71. The van der Waals surface area contributed by atoms with E-state index < -0.39 is 16.6 Å². The molecule has 2 N–H and O–H groups in total. The minimum Gasteiger partial charge on any atom is -0.389 e. The van der Waals surface area contributed by atoms with Gasteiger partial charge in [-0.3, -0.25) is 0 Å². The Bertz CT molecular complexity index is 860. The first-order valence-electron chi connectivity index (χ1n) is 13.9. The number of benzene rings is 1. The summed E-state index contributed by atoms with van der Waals surface area (Å²) in [6.45, 7) is 6.68. The van der Waals surface area contributed by atoms with Crippen molar-refractivity contribution in [2.45, 2.75) is 95.4 Å². The van der Waals surface area contributed by atoms with Crippen molar-refractivity contribution in [1.29, 1.82) is 0 Å². The van der Waals surface area contributed by atoms with Crippen LogP contribution in [0.1, 0.15) is 83.6 Å². The zero-order chi connectivity index (χ0) is 24.2. The monoisotopic (exact) mass is 469 g/mol. The van der Waals surface area contributed by atoms with E-state index in [0.29, 0.717) is 36.7 Å². The molecule has 0 amide bonds. The first-order chi connectivity index (χ1) is 16.1. The number of fused-ring (bicyclic) bond motifs is 5. The summed E-state index contributed by atoms with van der Waals surface area (Å²) in [4.78, 5) is 2.23. The highest BCUT2D eigenvalue weighted by molar-refractivity contribution is 5.32. The largest absolute Gasteiger partial charge is 0.389 e. The molecule has 0 spiro atoms. The Morgan fingerprint density at radius 3 is 2.41 bits per heavy atom. The van der Waals surface area contributed by atoms with Gasteiger partial charge in [-0.2, -0.15) is 0 Å². The van der Waals surface area contributed by atoms with Gasteiger partial charge in [0.1, 0.15) is 0 Å². The number of aliphatic hydroxyl groups is 2. The molecule has 0 heterocycles. The SMILES string of the molecule is CN(C)CCCO[C@H]1CC[C@@]2(C)[C@H](CC[C@@H]3[C@@H]2CC[C@]2(C)[C@@](O)(c4ccccc4)CC[C@]32O)C1. The first kappa shape index (κ1) is 24.7. The van der Waals surface area contributed by atoms with E-state index in [2.05, 4.69) is 45.0 Å². The minimum absolute atomic E-state index is 0.289. The molecule has 34 heavy (non-hydrogen) atoms. The zero-order valence-corrected chi connectivity index (χ0v) is 21.9. The molecule has 8 atom stereocenters. The van der Waals surface area contributed by atoms with Gasteiger partial charge in [-0.25, -0.2) is 0 Å². The first-order valence-corrected chi connectivity index (χ1v) is 13.9. The van der Waals surface area contributed by atoms with E-state index in [4.69, 9.17) is 4.74 Å². The maximum atomic E-state index is 12.4. The van der Waals surface area contributed by atoms with Crippen molar-refractivity contribution in [3.8, 4) is 0 Å². The second-order valence-corrected chi connectivity index (χ2v) is 12.9. The molecule has 0 aliphatic heterocycles. The van der Waals surface area contributed by atoms with Crippen LogP contribution >= 0.6 is 0 Å². The molecule has 4 nitrogen and oxygen atoms in total. The van der Waals surface area contributed by atoms with Crippen molar-refractivity contribution in [2.75, 3.05) is 27.2 Å². The Labute approximate surface area is 207 Å². The van der Waals surface area contributed by atoms with Gasteiger partial charge in [0.15, 0.2) is 0 Å². The van der Waals surface area contributed by atoms with Gasteiger partial charge < -0.3 is 19.8 Å². The van der Waals surface area contributed by atoms with Crippen LogP contribution in [-0.2, 0) is 10.3 Å². The summed E-state index contributed by atoms with van der Waals surface area (Å²) < 4.78 is 6.34. The smallest absolute Gasteiger partial charge is 0.0978 e. The van der Waals surface area contributed by atoms with E-state index in [1.54, 1.807) is 0 Å². The molecule has 190 valence electrons. The van der Waals surface area contributed by atoms with Crippen molar-refractivity contribution < 1.29 is 14.9 Å². The van der Waals surface area contributed by atoms with E-state index in [1.165, 1.54) is 19.3 Å². The number of hydrogen-bond donors (Lipinski definition) is 2. The van der Waals surface area contributed by atoms with Crippen molar-refractivity contribution in [2.24, 2.45) is 28.6 Å². The second kappa shape index (κ2) is 8.87. The summed E-state index contributed by atoms with van der Waals surface area (Å²) in [7, 11) is 4.25. The summed E-state index contributed by atoms with van der Waals surface area (Å²) in [5.41, 5.74) is -0.939. The number of hydrogen-bond acceptors (Lipinski definition) is 4. The summed E-state index contributed by atoms with van der Waals surface area (Å²) in [5.74, 6) is 1.55. The maximum absolute atomic E-state index is 12.4. The lowest BCUT2D eigenvalue weighted by molar-refractivity contribution is -0.239. The number of rotatable bonds is 6. The molecule has 5 rings (SSSR count).